The van der Waals surface area contributed by atoms with E-state index in [1.165, 1.54) is 19.6 Å². The summed E-state index contributed by atoms with van der Waals surface area (Å²) in [7, 11) is 8.57. The summed E-state index contributed by atoms with van der Waals surface area (Å²) in [6.07, 6.45) is 0. The Kier molecular flexibility index (Phi) is 23.1. The first-order valence-corrected chi connectivity index (χ1v) is 23.7. The maximum Gasteiger partial charge on any atom is 2.00 e. The van der Waals surface area contributed by atoms with Crippen molar-refractivity contribution in [2.75, 3.05) is 54.4 Å². The molecule has 0 fully saturated rings. The van der Waals surface area contributed by atoms with Crippen molar-refractivity contribution in [1.29, 1.82) is 0 Å². The zero-order chi connectivity index (χ0) is 48.9. The van der Waals surface area contributed by atoms with Crippen LogP contribution in [0.3, 0.4) is 0 Å². The van der Waals surface area contributed by atoms with E-state index in [9.17, 15) is 20.4 Å². The van der Waals surface area contributed by atoms with Crippen LogP contribution in [-0.4, -0.2) is 100 Å². The Balaban J connectivity index is 0.000000641. The van der Waals surface area contributed by atoms with Gasteiger partial charge in [-0.2, -0.15) is 0 Å². The molecule has 0 heterocycles. The van der Waals surface area contributed by atoms with Gasteiger partial charge < -0.3 is 40.0 Å². The number of likely N-dealkylation sites (N-methyl/N-ethyl adjacent to an activating group) is 2. The molecule has 0 aliphatic rings. The molecule has 4 aromatic carbocycles. The summed E-state index contributed by atoms with van der Waals surface area (Å²) >= 11 is 0. The van der Waals surface area contributed by atoms with E-state index in [-0.39, 0.29) is 90.8 Å². The second-order valence-electron chi connectivity index (χ2n) is 23.8. The molecule has 0 saturated heterocycles. The minimum Gasteiger partial charge on any atom is -0.872 e. The minimum atomic E-state index is -0.188. The number of benzene rings is 4. The van der Waals surface area contributed by atoms with Gasteiger partial charge in [0.25, 0.3) is 0 Å². The summed E-state index contributed by atoms with van der Waals surface area (Å²) < 4.78 is 0. The molecule has 0 saturated carbocycles. The van der Waals surface area contributed by atoms with E-state index in [2.05, 4.69) is 139 Å². The zero-order valence-corrected chi connectivity index (χ0v) is 48.2. The first-order chi connectivity index (χ1) is 29.2. The van der Waals surface area contributed by atoms with Crippen LogP contribution in [0.2, 0.25) is 0 Å². The van der Waals surface area contributed by atoms with Gasteiger partial charge in [0.15, 0.2) is 0 Å². The van der Waals surface area contributed by atoms with E-state index < -0.39 is 0 Å². The van der Waals surface area contributed by atoms with Crippen molar-refractivity contribution < 1.29 is 40.0 Å². The average Bonchev–Trinajstić information content (AvgIpc) is 3.13. The summed E-state index contributed by atoms with van der Waals surface area (Å²) in [4.78, 5) is 5.26. The smallest absolute Gasteiger partial charge is 0.872 e. The van der Waals surface area contributed by atoms with Gasteiger partial charge in [-0.05, 0) is 93.9 Å². The molecule has 356 valence electrons. The van der Waals surface area contributed by atoms with Gasteiger partial charge in [0.1, 0.15) is 52.4 Å². The van der Waals surface area contributed by atoms with E-state index in [1.54, 1.807) is 0 Å². The number of aryl methyl sites for hydroxylation is 4. The molecule has 0 aromatic heterocycles. The molecule has 0 radical (unpaired) electrons. The second kappa shape index (κ2) is 24.8. The second-order valence-corrected chi connectivity index (χ2v) is 23.8. The molecule has 0 spiro atoms. The molecule has 0 amide bonds. The van der Waals surface area contributed by atoms with Crippen LogP contribution < -0.4 is 40.0 Å². The summed E-state index contributed by atoms with van der Waals surface area (Å²) in [5.74, 6) is 0.610. The Bertz CT molecular complexity index is 1890. The van der Waals surface area contributed by atoms with Gasteiger partial charge in [-0.3, -0.25) is 0 Å². The Morgan fingerprint density at radius 1 is 0.333 bits per heavy atom. The predicted molar refractivity (Wildman–Crippen MR) is 271 cm³/mol. The Morgan fingerprint density at radius 2 is 0.515 bits per heavy atom. The van der Waals surface area contributed by atoms with Crippen LogP contribution in [0.15, 0.2) is 48.5 Å². The number of hydrogen-bond acceptors (Lipinski definition) is 4. The topological polar surface area (TPSA) is 110 Å². The average molecular weight is 930 g/mol. The quantitative estimate of drug-likeness (QED) is 0.146. The SMILES string of the molecule is Cc1cc(C[NH+](CC[NH+](C)C)Cc2cc(C)cc(C(C)(C)C)c2[O-])c([O-])c(C(C)(C)C)c1.Cc1cc(C[NH+](CC[NH+](C)C)Cc2cc(C)cc(C(C)(C)C)c2[O-])c([O-])c(C(C)(C)C)c1.[Mg+2].[Mg+2]. The number of nitrogens with one attached hydrogen (secondary N) is 4. The maximum atomic E-state index is 13.3. The van der Waals surface area contributed by atoms with Crippen LogP contribution in [-0.2, 0) is 47.8 Å². The van der Waals surface area contributed by atoms with Crippen LogP contribution in [0.25, 0.3) is 0 Å². The van der Waals surface area contributed by atoms with Gasteiger partial charge in [-0.1, -0.05) is 177 Å². The third-order valence-electron chi connectivity index (χ3n) is 12.2. The van der Waals surface area contributed by atoms with Gasteiger partial charge in [0.05, 0.1) is 28.2 Å². The third kappa shape index (κ3) is 18.1. The Labute approximate surface area is 434 Å². The van der Waals surface area contributed by atoms with E-state index in [0.717, 1.165) is 92.9 Å². The van der Waals surface area contributed by atoms with Crippen molar-refractivity contribution in [3.8, 4) is 23.0 Å². The maximum absolute atomic E-state index is 13.3. The molecule has 0 aliphatic carbocycles. The molecule has 0 atom stereocenters. The number of quaternary nitrogens is 4. The third-order valence-corrected chi connectivity index (χ3v) is 12.2. The van der Waals surface area contributed by atoms with E-state index in [1.807, 2.05) is 48.5 Å². The fraction of sp³-hybridized carbons (Fsp3) is 0.571. The van der Waals surface area contributed by atoms with Crippen LogP contribution in [0.1, 0.15) is 150 Å². The van der Waals surface area contributed by atoms with Crippen molar-refractivity contribution in [3.63, 3.8) is 0 Å². The van der Waals surface area contributed by atoms with Gasteiger partial charge in [-0.15, -0.1) is 0 Å². The normalized spacial score (nSPS) is 12.4. The van der Waals surface area contributed by atoms with Crippen molar-refractivity contribution in [2.24, 2.45) is 0 Å². The number of rotatable bonds is 14. The molecule has 0 unspecified atom stereocenters. The fourth-order valence-electron chi connectivity index (χ4n) is 8.56. The molecule has 4 N–H and O–H groups in total. The predicted octanol–water partition coefficient (Wildman–Crippen LogP) is 2.79. The van der Waals surface area contributed by atoms with Crippen LogP contribution in [0.4, 0.5) is 0 Å². The Morgan fingerprint density at radius 3 is 0.667 bits per heavy atom. The van der Waals surface area contributed by atoms with Crippen molar-refractivity contribution in [1.82, 2.24) is 0 Å². The standard InChI is InChI=1S/2C28H44N2O2.2Mg/c2*1-19-13-21(25(31)23(15-19)27(3,4)5)17-30(12-11-29(9)10)18-22-14-20(2)16-24(26(22)32)28(6,7)8;;/h2*13-16,31-32H,11-12,17-18H2,1-10H3;;/q;;2*+2. The molecular weight excluding hydrogens is 841 g/mol. The first-order valence-electron chi connectivity index (χ1n) is 23.7. The molecule has 10 heteroatoms. The van der Waals surface area contributed by atoms with Crippen LogP contribution in [0, 0.1) is 27.7 Å². The van der Waals surface area contributed by atoms with Gasteiger partial charge in [0.2, 0.25) is 0 Å². The molecule has 0 bridgehead atoms. The summed E-state index contributed by atoms with van der Waals surface area (Å²) in [5, 5.41) is 53.3. The monoisotopic (exact) mass is 929 g/mol. The van der Waals surface area contributed by atoms with Crippen molar-refractivity contribution >= 4 is 46.1 Å². The zero-order valence-electron chi connectivity index (χ0n) is 45.3. The fourth-order valence-corrected chi connectivity index (χ4v) is 8.56. The molecular formula is C56H88Mg2N4O4+4. The first kappa shape index (κ1) is 61.5. The van der Waals surface area contributed by atoms with Crippen LogP contribution >= 0.6 is 0 Å². The molecule has 0 aliphatic heterocycles. The van der Waals surface area contributed by atoms with Gasteiger partial charge in [0, 0.05) is 0 Å². The molecule has 4 aromatic rings. The van der Waals surface area contributed by atoms with E-state index in [0.29, 0.717) is 26.2 Å². The van der Waals surface area contributed by atoms with E-state index >= 15 is 0 Å². The minimum absolute atomic E-state index is 0. The Hall–Kier alpha value is -2.55. The van der Waals surface area contributed by atoms with Crippen molar-refractivity contribution in [3.05, 3.63) is 115 Å². The van der Waals surface area contributed by atoms with Crippen molar-refractivity contribution in [2.45, 2.75) is 159 Å². The summed E-state index contributed by atoms with van der Waals surface area (Å²) in [6, 6.07) is 16.3. The van der Waals surface area contributed by atoms with Gasteiger partial charge in [-0.25, -0.2) is 0 Å². The summed E-state index contributed by atoms with van der Waals surface area (Å²) in [6.45, 7) is 39.7. The molecule has 66 heavy (non-hydrogen) atoms. The molecule has 4 rings (SSSR count). The summed E-state index contributed by atoms with van der Waals surface area (Å²) in [5.41, 5.74) is 10.7. The number of hydrogen-bond donors (Lipinski definition) is 4. The largest absolute Gasteiger partial charge is 2.00 e. The molecule has 8 nitrogen and oxygen atoms in total. The van der Waals surface area contributed by atoms with E-state index in [4.69, 9.17) is 0 Å². The van der Waals surface area contributed by atoms with Crippen LogP contribution in [0.5, 0.6) is 23.0 Å². The van der Waals surface area contributed by atoms with Gasteiger partial charge >= 0.3 is 46.1 Å².